The maximum atomic E-state index is 5.89. The molecule has 3 rings (SSSR count). The minimum atomic E-state index is 0.805. The molecule has 2 nitrogen and oxygen atoms in total. The Balaban J connectivity index is 2.62. The van der Waals surface area contributed by atoms with E-state index in [1.54, 1.807) is 0 Å². The lowest BCUT2D eigenvalue weighted by Crippen LogP contribution is -1.92. The summed E-state index contributed by atoms with van der Waals surface area (Å²) in [5, 5.41) is 4.93. The second-order valence-corrected chi connectivity index (χ2v) is 4.86. The first kappa shape index (κ1) is 10.9. The zero-order chi connectivity index (χ0) is 12.9. The van der Waals surface area contributed by atoms with Crippen LogP contribution in [0.3, 0.4) is 0 Å². The monoisotopic (exact) mass is 236 g/mol. The average Bonchev–Trinajstić information content (AvgIpc) is 2.36. The van der Waals surface area contributed by atoms with E-state index in [-0.39, 0.29) is 0 Å². The van der Waals surface area contributed by atoms with Crippen LogP contribution in [0, 0.1) is 13.8 Å². The van der Waals surface area contributed by atoms with Crippen molar-refractivity contribution in [2.45, 2.75) is 13.8 Å². The molecule has 0 fully saturated rings. The summed E-state index contributed by atoms with van der Waals surface area (Å²) >= 11 is 0. The van der Waals surface area contributed by atoms with Crippen LogP contribution >= 0.6 is 0 Å². The van der Waals surface area contributed by atoms with Gasteiger partial charge in [-0.05, 0) is 70.8 Å². The third kappa shape index (κ3) is 1.42. The first-order chi connectivity index (χ1) is 8.58. The minimum Gasteiger partial charge on any atom is -0.399 e. The lowest BCUT2D eigenvalue weighted by Gasteiger charge is -2.13. The Morgan fingerprint density at radius 3 is 1.39 bits per heavy atom. The Hall–Kier alpha value is -2.22. The van der Waals surface area contributed by atoms with E-state index in [0.29, 0.717) is 0 Å². The number of hydrogen-bond donors (Lipinski definition) is 2. The summed E-state index contributed by atoms with van der Waals surface area (Å²) in [4.78, 5) is 0. The third-order valence-corrected chi connectivity index (χ3v) is 3.75. The van der Waals surface area contributed by atoms with Crippen LogP contribution in [0.25, 0.3) is 21.5 Å². The largest absolute Gasteiger partial charge is 0.399 e. The van der Waals surface area contributed by atoms with Crippen LogP contribution in [0.15, 0.2) is 36.4 Å². The number of fused-ring (bicyclic) bond motifs is 3. The van der Waals surface area contributed by atoms with E-state index in [2.05, 4.69) is 26.0 Å². The summed E-state index contributed by atoms with van der Waals surface area (Å²) in [5.74, 6) is 0. The van der Waals surface area contributed by atoms with Gasteiger partial charge in [0, 0.05) is 11.4 Å². The fourth-order valence-electron chi connectivity index (χ4n) is 2.62. The molecule has 4 N–H and O–H groups in total. The van der Waals surface area contributed by atoms with Crippen molar-refractivity contribution < 1.29 is 0 Å². The SMILES string of the molecule is Cc1c(C)c2cc(N)ccc2c2ccc(N)cc12. The van der Waals surface area contributed by atoms with Crippen molar-refractivity contribution in [3.63, 3.8) is 0 Å². The molecule has 0 saturated carbocycles. The molecule has 0 saturated heterocycles. The molecule has 2 heteroatoms. The molecule has 0 aromatic heterocycles. The van der Waals surface area contributed by atoms with E-state index >= 15 is 0 Å². The zero-order valence-corrected chi connectivity index (χ0v) is 10.6. The smallest absolute Gasteiger partial charge is 0.0320 e. The fourth-order valence-corrected chi connectivity index (χ4v) is 2.62. The number of rotatable bonds is 0. The van der Waals surface area contributed by atoms with Gasteiger partial charge in [-0.2, -0.15) is 0 Å². The van der Waals surface area contributed by atoms with Gasteiger partial charge in [0.1, 0.15) is 0 Å². The van der Waals surface area contributed by atoms with E-state index in [4.69, 9.17) is 11.5 Å². The number of benzene rings is 3. The highest BCUT2D eigenvalue weighted by Gasteiger charge is 2.08. The van der Waals surface area contributed by atoms with Crippen molar-refractivity contribution in [3.05, 3.63) is 47.5 Å². The molecule has 0 aliphatic heterocycles. The van der Waals surface area contributed by atoms with Gasteiger partial charge in [0.05, 0.1) is 0 Å². The summed E-state index contributed by atoms with van der Waals surface area (Å²) < 4.78 is 0. The summed E-state index contributed by atoms with van der Waals surface area (Å²) in [5.41, 5.74) is 15.9. The van der Waals surface area contributed by atoms with Gasteiger partial charge in [0.25, 0.3) is 0 Å². The average molecular weight is 236 g/mol. The first-order valence-electron chi connectivity index (χ1n) is 6.05. The van der Waals surface area contributed by atoms with Gasteiger partial charge in [-0.3, -0.25) is 0 Å². The third-order valence-electron chi connectivity index (χ3n) is 3.75. The Bertz CT molecular complexity index is 706. The molecule has 0 aliphatic carbocycles. The van der Waals surface area contributed by atoms with Crippen LogP contribution in [-0.2, 0) is 0 Å². The van der Waals surface area contributed by atoms with Crippen LogP contribution in [0.1, 0.15) is 11.1 Å². The highest BCUT2D eigenvalue weighted by Crippen LogP contribution is 2.34. The van der Waals surface area contributed by atoms with E-state index in [1.165, 1.54) is 32.7 Å². The second-order valence-electron chi connectivity index (χ2n) is 4.86. The zero-order valence-electron chi connectivity index (χ0n) is 10.6. The Labute approximate surface area is 106 Å². The number of aryl methyl sites for hydroxylation is 2. The standard InChI is InChI=1S/C16H16N2/c1-9-10(2)16-8-12(18)4-6-14(16)13-5-3-11(17)7-15(9)13/h3-8H,17-18H2,1-2H3. The van der Waals surface area contributed by atoms with Crippen LogP contribution in [0.2, 0.25) is 0 Å². The Morgan fingerprint density at radius 2 is 1.00 bits per heavy atom. The molecular weight excluding hydrogens is 220 g/mol. The topological polar surface area (TPSA) is 52.0 Å². The van der Waals surface area contributed by atoms with Crippen LogP contribution in [-0.4, -0.2) is 0 Å². The molecule has 0 heterocycles. The molecule has 18 heavy (non-hydrogen) atoms. The van der Waals surface area contributed by atoms with Crippen molar-refractivity contribution in [3.8, 4) is 0 Å². The van der Waals surface area contributed by atoms with Crippen molar-refractivity contribution in [1.29, 1.82) is 0 Å². The van der Waals surface area contributed by atoms with E-state index < -0.39 is 0 Å². The van der Waals surface area contributed by atoms with Gasteiger partial charge in [-0.15, -0.1) is 0 Å². The van der Waals surface area contributed by atoms with Crippen molar-refractivity contribution in [1.82, 2.24) is 0 Å². The highest BCUT2D eigenvalue weighted by atomic mass is 14.5. The predicted molar refractivity (Wildman–Crippen MR) is 79.8 cm³/mol. The minimum absolute atomic E-state index is 0.805. The van der Waals surface area contributed by atoms with Crippen molar-refractivity contribution >= 4 is 32.9 Å². The number of hydrogen-bond acceptors (Lipinski definition) is 2. The van der Waals surface area contributed by atoms with Gasteiger partial charge in [0.2, 0.25) is 0 Å². The summed E-state index contributed by atoms with van der Waals surface area (Å²) in [7, 11) is 0. The quantitative estimate of drug-likeness (QED) is 0.461. The van der Waals surface area contributed by atoms with E-state index in [0.717, 1.165) is 11.4 Å². The number of nitrogens with two attached hydrogens (primary N) is 2. The van der Waals surface area contributed by atoms with Gasteiger partial charge < -0.3 is 11.5 Å². The molecule has 3 aromatic carbocycles. The van der Waals surface area contributed by atoms with Crippen molar-refractivity contribution in [2.75, 3.05) is 11.5 Å². The molecule has 0 bridgehead atoms. The molecule has 0 radical (unpaired) electrons. The van der Waals surface area contributed by atoms with Gasteiger partial charge in [-0.25, -0.2) is 0 Å². The summed E-state index contributed by atoms with van der Waals surface area (Å²) in [6.45, 7) is 4.28. The van der Waals surface area contributed by atoms with Crippen LogP contribution < -0.4 is 11.5 Å². The molecular formula is C16H16N2. The normalized spacial score (nSPS) is 11.2. The van der Waals surface area contributed by atoms with Gasteiger partial charge >= 0.3 is 0 Å². The van der Waals surface area contributed by atoms with E-state index in [9.17, 15) is 0 Å². The Kier molecular flexibility index (Phi) is 2.20. The Morgan fingerprint density at radius 1 is 0.611 bits per heavy atom. The first-order valence-corrected chi connectivity index (χ1v) is 6.05. The molecule has 0 unspecified atom stereocenters. The van der Waals surface area contributed by atoms with Crippen molar-refractivity contribution in [2.24, 2.45) is 0 Å². The molecule has 0 amide bonds. The maximum Gasteiger partial charge on any atom is 0.0320 e. The van der Waals surface area contributed by atoms with E-state index in [1.807, 2.05) is 24.3 Å². The van der Waals surface area contributed by atoms with Gasteiger partial charge in [-0.1, -0.05) is 12.1 Å². The van der Waals surface area contributed by atoms with Gasteiger partial charge in [0.15, 0.2) is 0 Å². The molecule has 0 atom stereocenters. The molecule has 90 valence electrons. The molecule has 3 aromatic rings. The molecule has 0 aliphatic rings. The summed E-state index contributed by atoms with van der Waals surface area (Å²) in [6, 6.07) is 12.2. The highest BCUT2D eigenvalue weighted by molar-refractivity contribution is 6.11. The van der Waals surface area contributed by atoms with Crippen LogP contribution in [0.5, 0.6) is 0 Å². The lowest BCUT2D eigenvalue weighted by atomic mass is 9.92. The number of anilines is 2. The lowest BCUT2D eigenvalue weighted by molar-refractivity contribution is 1.41. The predicted octanol–water partition coefficient (Wildman–Crippen LogP) is 3.77. The summed E-state index contributed by atoms with van der Waals surface area (Å²) in [6.07, 6.45) is 0. The maximum absolute atomic E-state index is 5.89. The molecule has 0 spiro atoms. The second kappa shape index (κ2) is 3.64. The van der Waals surface area contributed by atoms with Crippen LogP contribution in [0.4, 0.5) is 11.4 Å². The fraction of sp³-hybridized carbons (Fsp3) is 0.125. The number of nitrogen functional groups attached to an aromatic ring is 2.